The van der Waals surface area contributed by atoms with Crippen LogP contribution < -0.4 is 5.32 Å². The highest BCUT2D eigenvalue weighted by molar-refractivity contribution is 7.81. The summed E-state index contributed by atoms with van der Waals surface area (Å²) in [5.74, 6) is 0. The zero-order chi connectivity index (χ0) is 4.41. The van der Waals surface area contributed by atoms with Crippen LogP contribution in [0.25, 0.3) is 0 Å². The Morgan fingerprint density at radius 2 is 2.83 bits per heavy atom. The number of nitrogens with one attached hydrogen (secondary N) is 1. The Balaban J connectivity index is 2.32. The first-order chi connectivity index (χ1) is 2.89. The SMILES string of the molecule is SC1CN=CN1. The van der Waals surface area contributed by atoms with Crippen LogP contribution in [0, 0.1) is 0 Å². The van der Waals surface area contributed by atoms with E-state index in [0.29, 0.717) is 0 Å². The van der Waals surface area contributed by atoms with Crippen molar-refractivity contribution in [1.82, 2.24) is 5.32 Å². The minimum atomic E-state index is 0.269. The molecule has 2 nitrogen and oxygen atoms in total. The zero-order valence-corrected chi connectivity index (χ0v) is 4.15. The number of nitrogens with zero attached hydrogens (tertiary/aromatic N) is 1. The van der Waals surface area contributed by atoms with Crippen LogP contribution in [0.15, 0.2) is 4.99 Å². The molecule has 0 amide bonds. The number of rotatable bonds is 0. The molecule has 1 atom stereocenters. The normalized spacial score (nSPS) is 30.5. The Hall–Kier alpha value is -0.180. The topological polar surface area (TPSA) is 24.4 Å². The maximum absolute atomic E-state index is 4.06. The molecule has 1 N–H and O–H groups in total. The largest absolute Gasteiger partial charge is 0.363 e. The van der Waals surface area contributed by atoms with Crippen molar-refractivity contribution in [2.24, 2.45) is 4.99 Å². The van der Waals surface area contributed by atoms with Crippen LogP contribution >= 0.6 is 12.6 Å². The summed E-state index contributed by atoms with van der Waals surface area (Å²) in [6, 6.07) is 0. The lowest BCUT2D eigenvalue weighted by atomic mass is 10.7. The second kappa shape index (κ2) is 1.51. The minimum absolute atomic E-state index is 0.269. The van der Waals surface area contributed by atoms with E-state index in [0.717, 1.165) is 6.54 Å². The van der Waals surface area contributed by atoms with Gasteiger partial charge in [0.15, 0.2) is 0 Å². The monoisotopic (exact) mass is 102 g/mol. The lowest BCUT2D eigenvalue weighted by Crippen LogP contribution is -2.16. The maximum atomic E-state index is 4.06. The number of aliphatic imine (C=N–C) groups is 1. The van der Waals surface area contributed by atoms with Gasteiger partial charge in [0, 0.05) is 0 Å². The van der Waals surface area contributed by atoms with Crippen molar-refractivity contribution in [2.45, 2.75) is 5.37 Å². The average molecular weight is 102 g/mol. The maximum Gasteiger partial charge on any atom is 0.0898 e. The Labute approximate surface area is 42.1 Å². The van der Waals surface area contributed by atoms with Crippen LogP contribution in [0.4, 0.5) is 0 Å². The molecule has 0 spiro atoms. The molecule has 0 aliphatic carbocycles. The zero-order valence-electron chi connectivity index (χ0n) is 3.26. The molecule has 0 aromatic heterocycles. The molecule has 34 valence electrons. The molecule has 0 saturated carbocycles. The average Bonchev–Trinajstić information content (AvgIpc) is 1.86. The molecule has 6 heavy (non-hydrogen) atoms. The first-order valence-electron chi connectivity index (χ1n) is 1.82. The van der Waals surface area contributed by atoms with E-state index in [1.807, 2.05) is 0 Å². The highest BCUT2D eigenvalue weighted by Gasteiger charge is 1.99. The summed E-state index contributed by atoms with van der Waals surface area (Å²) < 4.78 is 0. The Kier molecular flexibility index (Phi) is 1.01. The summed E-state index contributed by atoms with van der Waals surface area (Å²) in [7, 11) is 0. The van der Waals surface area contributed by atoms with Gasteiger partial charge in [0.2, 0.25) is 0 Å². The number of hydrogen-bond acceptors (Lipinski definition) is 3. The van der Waals surface area contributed by atoms with Crippen molar-refractivity contribution in [3.8, 4) is 0 Å². The quantitative estimate of drug-likeness (QED) is 0.409. The van der Waals surface area contributed by atoms with E-state index in [2.05, 4.69) is 22.9 Å². The van der Waals surface area contributed by atoms with Gasteiger partial charge in [-0.05, 0) is 0 Å². The van der Waals surface area contributed by atoms with Crippen molar-refractivity contribution in [1.29, 1.82) is 0 Å². The molecule has 1 aliphatic rings. The van der Waals surface area contributed by atoms with Crippen LogP contribution in [0.2, 0.25) is 0 Å². The minimum Gasteiger partial charge on any atom is -0.363 e. The van der Waals surface area contributed by atoms with E-state index < -0.39 is 0 Å². The Bertz CT molecular complexity index is 63.2. The van der Waals surface area contributed by atoms with E-state index in [9.17, 15) is 0 Å². The standard InChI is InChI=1S/C3H6N2S/c6-3-1-4-2-5-3/h2-3,6H,1H2,(H,4,5). The highest BCUT2D eigenvalue weighted by Crippen LogP contribution is 1.92. The van der Waals surface area contributed by atoms with Gasteiger partial charge in [0.25, 0.3) is 0 Å². The van der Waals surface area contributed by atoms with Gasteiger partial charge in [-0.1, -0.05) is 0 Å². The molecule has 1 unspecified atom stereocenters. The fourth-order valence-corrected chi connectivity index (χ4v) is 0.505. The van der Waals surface area contributed by atoms with Gasteiger partial charge in [-0.15, -0.1) is 0 Å². The fraction of sp³-hybridized carbons (Fsp3) is 0.667. The molecule has 0 fully saturated rings. The van der Waals surface area contributed by atoms with Crippen molar-refractivity contribution < 1.29 is 0 Å². The van der Waals surface area contributed by atoms with E-state index in [4.69, 9.17) is 0 Å². The summed E-state index contributed by atoms with van der Waals surface area (Å²) in [5, 5.41) is 3.16. The van der Waals surface area contributed by atoms with E-state index >= 15 is 0 Å². The summed E-state index contributed by atoms with van der Waals surface area (Å²) in [5.41, 5.74) is 0. The number of hydrogen-bond donors (Lipinski definition) is 2. The van der Waals surface area contributed by atoms with Crippen molar-refractivity contribution >= 4 is 19.0 Å². The Morgan fingerprint density at radius 3 is 3.00 bits per heavy atom. The van der Waals surface area contributed by atoms with Crippen LogP contribution in [0.5, 0.6) is 0 Å². The van der Waals surface area contributed by atoms with Gasteiger partial charge in [-0.25, -0.2) is 0 Å². The molecule has 3 heteroatoms. The van der Waals surface area contributed by atoms with Crippen molar-refractivity contribution in [3.05, 3.63) is 0 Å². The molecule has 0 radical (unpaired) electrons. The molecule has 1 aliphatic heterocycles. The van der Waals surface area contributed by atoms with Gasteiger partial charge in [0.1, 0.15) is 0 Å². The second-order valence-corrected chi connectivity index (χ2v) is 1.80. The van der Waals surface area contributed by atoms with Gasteiger partial charge in [-0.3, -0.25) is 4.99 Å². The van der Waals surface area contributed by atoms with E-state index in [1.54, 1.807) is 6.34 Å². The third-order valence-electron chi connectivity index (χ3n) is 0.637. The summed E-state index contributed by atoms with van der Waals surface area (Å²) in [6.07, 6.45) is 1.68. The molecule has 0 aromatic carbocycles. The molecule has 0 bridgehead atoms. The fourth-order valence-electron chi connectivity index (χ4n) is 0.344. The molecular weight excluding hydrogens is 96.1 g/mol. The molecule has 0 saturated heterocycles. The van der Waals surface area contributed by atoms with Gasteiger partial charge < -0.3 is 5.32 Å². The summed E-state index contributed by atoms with van der Waals surface area (Å²) in [6.45, 7) is 0.809. The first kappa shape index (κ1) is 3.99. The lowest BCUT2D eigenvalue weighted by molar-refractivity contribution is 0.903. The van der Waals surface area contributed by atoms with Crippen LogP contribution in [-0.4, -0.2) is 18.3 Å². The van der Waals surface area contributed by atoms with Crippen LogP contribution in [-0.2, 0) is 0 Å². The smallest absolute Gasteiger partial charge is 0.0898 e. The van der Waals surface area contributed by atoms with Crippen molar-refractivity contribution in [2.75, 3.05) is 6.54 Å². The molecule has 1 heterocycles. The predicted molar refractivity (Wildman–Crippen MR) is 29.3 cm³/mol. The van der Waals surface area contributed by atoms with Crippen molar-refractivity contribution in [3.63, 3.8) is 0 Å². The van der Waals surface area contributed by atoms with Gasteiger partial charge in [0.05, 0.1) is 18.3 Å². The van der Waals surface area contributed by atoms with Crippen LogP contribution in [0.3, 0.4) is 0 Å². The number of thiol groups is 1. The summed E-state index contributed by atoms with van der Waals surface area (Å²) >= 11 is 4.06. The van der Waals surface area contributed by atoms with E-state index in [1.165, 1.54) is 0 Å². The van der Waals surface area contributed by atoms with Gasteiger partial charge >= 0.3 is 0 Å². The third-order valence-corrected chi connectivity index (χ3v) is 0.949. The Morgan fingerprint density at radius 1 is 2.00 bits per heavy atom. The lowest BCUT2D eigenvalue weighted by Gasteiger charge is -1.93. The highest BCUT2D eigenvalue weighted by atomic mass is 32.1. The van der Waals surface area contributed by atoms with Crippen LogP contribution in [0.1, 0.15) is 0 Å². The third kappa shape index (κ3) is 0.653. The second-order valence-electron chi connectivity index (χ2n) is 1.18. The molecule has 0 aromatic rings. The molecule has 1 rings (SSSR count). The van der Waals surface area contributed by atoms with E-state index in [-0.39, 0.29) is 5.37 Å². The predicted octanol–water partition coefficient (Wildman–Crippen LogP) is -0.126. The summed E-state index contributed by atoms with van der Waals surface area (Å²) in [4.78, 5) is 3.85. The molecular formula is C3H6N2S. The van der Waals surface area contributed by atoms with Gasteiger partial charge in [-0.2, -0.15) is 12.6 Å². The first-order valence-corrected chi connectivity index (χ1v) is 2.33.